The summed E-state index contributed by atoms with van der Waals surface area (Å²) < 4.78 is 3.06. The van der Waals surface area contributed by atoms with Gasteiger partial charge in [-0.25, -0.2) is 0 Å². The number of hydrogen-bond acceptors (Lipinski definition) is 2. The summed E-state index contributed by atoms with van der Waals surface area (Å²) >= 11 is 14.8. The van der Waals surface area contributed by atoms with Crippen LogP contribution in [0.1, 0.15) is 22.5 Å². The molecule has 4 nitrogen and oxygen atoms in total. The predicted molar refractivity (Wildman–Crippen MR) is 119 cm³/mol. The summed E-state index contributed by atoms with van der Waals surface area (Å²) in [5, 5.41) is 12.4. The fraction of sp³-hybridized carbons (Fsp3) is 0.200. The van der Waals surface area contributed by atoms with E-state index in [-0.39, 0.29) is 0 Å². The van der Waals surface area contributed by atoms with Gasteiger partial charge in [-0.05, 0) is 61.5 Å². The van der Waals surface area contributed by atoms with Crippen LogP contribution in [0.3, 0.4) is 0 Å². The maximum atomic E-state index is 5.91. The molecule has 0 aliphatic rings. The third-order valence-corrected chi connectivity index (χ3v) is 5.26. The number of nitrogens with one attached hydrogen (secondary N) is 2. The fourth-order valence-electron chi connectivity index (χ4n) is 2.74. The van der Waals surface area contributed by atoms with Crippen molar-refractivity contribution in [2.75, 3.05) is 5.32 Å². The number of aryl methyl sites for hydroxylation is 1. The summed E-state index contributed by atoms with van der Waals surface area (Å²) in [6.45, 7) is 5.37. The van der Waals surface area contributed by atoms with E-state index in [0.29, 0.717) is 18.2 Å². The van der Waals surface area contributed by atoms with E-state index in [0.717, 1.165) is 32.1 Å². The van der Waals surface area contributed by atoms with Crippen molar-refractivity contribution in [1.82, 2.24) is 15.1 Å². The first-order chi connectivity index (χ1) is 12.9. The minimum atomic E-state index is 0.569. The smallest absolute Gasteiger partial charge is 0.171 e. The highest BCUT2D eigenvalue weighted by Crippen LogP contribution is 2.21. The number of halogens is 2. The van der Waals surface area contributed by atoms with E-state index < -0.39 is 0 Å². The van der Waals surface area contributed by atoms with E-state index in [2.05, 4.69) is 43.8 Å². The lowest BCUT2D eigenvalue weighted by atomic mass is 10.2. The van der Waals surface area contributed by atoms with Crippen LogP contribution in [0, 0.1) is 13.8 Å². The maximum absolute atomic E-state index is 5.91. The Labute approximate surface area is 178 Å². The molecule has 0 aliphatic heterocycles. The Bertz CT molecular complexity index is 936. The average Bonchev–Trinajstić information content (AvgIpc) is 2.90. The molecule has 0 bridgehead atoms. The number of hydrogen-bond donors (Lipinski definition) is 2. The van der Waals surface area contributed by atoms with Gasteiger partial charge < -0.3 is 10.6 Å². The Balaban J connectivity index is 1.64. The standard InChI is InChI=1S/C20H20BrClN4S/c1-13-19(24-20(27)23-11-15-5-9-18(22)10-6-15)14(2)26(25-13)12-16-3-7-17(21)8-4-16/h3-10H,11-12H2,1-2H3,(H2,23,24,27). The first-order valence-electron chi connectivity index (χ1n) is 8.50. The lowest BCUT2D eigenvalue weighted by Crippen LogP contribution is -2.28. The molecule has 1 aromatic heterocycles. The molecule has 0 saturated heterocycles. The van der Waals surface area contributed by atoms with Gasteiger partial charge in [0.2, 0.25) is 0 Å². The number of rotatable bonds is 5. The Morgan fingerprint density at radius 1 is 1.07 bits per heavy atom. The Morgan fingerprint density at radius 2 is 1.70 bits per heavy atom. The molecular formula is C20H20BrClN4S. The second-order valence-corrected chi connectivity index (χ2v) is 8.02. The van der Waals surface area contributed by atoms with Gasteiger partial charge in [0.15, 0.2) is 5.11 Å². The zero-order chi connectivity index (χ0) is 19.4. The average molecular weight is 464 g/mol. The van der Waals surface area contributed by atoms with Crippen molar-refractivity contribution < 1.29 is 0 Å². The first-order valence-corrected chi connectivity index (χ1v) is 10.1. The monoisotopic (exact) mass is 462 g/mol. The van der Waals surface area contributed by atoms with Gasteiger partial charge in [-0.1, -0.05) is 51.8 Å². The zero-order valence-electron chi connectivity index (χ0n) is 15.1. The van der Waals surface area contributed by atoms with Crippen LogP contribution in [-0.4, -0.2) is 14.9 Å². The van der Waals surface area contributed by atoms with Crippen molar-refractivity contribution in [1.29, 1.82) is 0 Å². The van der Waals surface area contributed by atoms with Crippen molar-refractivity contribution in [2.24, 2.45) is 0 Å². The molecular weight excluding hydrogens is 444 g/mol. The minimum Gasteiger partial charge on any atom is -0.358 e. The molecule has 0 unspecified atom stereocenters. The van der Waals surface area contributed by atoms with Crippen molar-refractivity contribution in [2.45, 2.75) is 26.9 Å². The molecule has 140 valence electrons. The summed E-state index contributed by atoms with van der Waals surface area (Å²) in [5.41, 5.74) is 5.22. The van der Waals surface area contributed by atoms with Crippen LogP contribution < -0.4 is 10.6 Å². The van der Waals surface area contributed by atoms with Crippen molar-refractivity contribution in [3.05, 3.63) is 80.5 Å². The SMILES string of the molecule is Cc1nn(Cc2ccc(Br)cc2)c(C)c1NC(=S)NCc1ccc(Cl)cc1. The Kier molecular flexibility index (Phi) is 6.52. The quantitative estimate of drug-likeness (QED) is 0.494. The predicted octanol–water partition coefficient (Wildman–Crippen LogP) is 5.45. The van der Waals surface area contributed by atoms with Gasteiger partial charge in [-0.2, -0.15) is 5.10 Å². The molecule has 0 fully saturated rings. The molecule has 0 atom stereocenters. The van der Waals surface area contributed by atoms with Gasteiger partial charge >= 0.3 is 0 Å². The zero-order valence-corrected chi connectivity index (χ0v) is 18.3. The van der Waals surface area contributed by atoms with Crippen LogP contribution in [-0.2, 0) is 13.1 Å². The molecule has 0 spiro atoms. The largest absolute Gasteiger partial charge is 0.358 e. The highest BCUT2D eigenvalue weighted by Gasteiger charge is 2.13. The second-order valence-electron chi connectivity index (χ2n) is 6.26. The van der Waals surface area contributed by atoms with Gasteiger partial charge in [0.25, 0.3) is 0 Å². The maximum Gasteiger partial charge on any atom is 0.171 e. The first kappa shape index (κ1) is 19.9. The van der Waals surface area contributed by atoms with Crippen molar-refractivity contribution in [3.63, 3.8) is 0 Å². The third kappa shape index (κ3) is 5.31. The van der Waals surface area contributed by atoms with Crippen LogP contribution in [0.25, 0.3) is 0 Å². The van der Waals surface area contributed by atoms with E-state index in [1.165, 1.54) is 5.56 Å². The van der Waals surface area contributed by atoms with Crippen molar-refractivity contribution >= 4 is 50.5 Å². The van der Waals surface area contributed by atoms with Crippen LogP contribution in [0.15, 0.2) is 53.0 Å². The number of anilines is 1. The van der Waals surface area contributed by atoms with Gasteiger partial charge in [0, 0.05) is 16.0 Å². The fourth-order valence-corrected chi connectivity index (χ4v) is 3.30. The third-order valence-electron chi connectivity index (χ3n) is 4.23. The number of benzene rings is 2. The molecule has 7 heteroatoms. The van der Waals surface area contributed by atoms with Crippen LogP contribution in [0.4, 0.5) is 5.69 Å². The van der Waals surface area contributed by atoms with Gasteiger partial charge in [0.05, 0.1) is 23.6 Å². The lowest BCUT2D eigenvalue weighted by molar-refractivity contribution is 0.659. The van der Waals surface area contributed by atoms with Crippen LogP contribution in [0.2, 0.25) is 5.02 Å². The number of thiocarbonyl (C=S) groups is 1. The van der Waals surface area contributed by atoms with Crippen LogP contribution >= 0.6 is 39.7 Å². The molecule has 0 saturated carbocycles. The number of aromatic nitrogens is 2. The summed E-state index contributed by atoms with van der Waals surface area (Å²) in [5.74, 6) is 0. The molecule has 0 amide bonds. The highest BCUT2D eigenvalue weighted by molar-refractivity contribution is 9.10. The van der Waals surface area contributed by atoms with Crippen LogP contribution in [0.5, 0.6) is 0 Å². The van der Waals surface area contributed by atoms with E-state index >= 15 is 0 Å². The number of nitrogens with zero attached hydrogens (tertiary/aromatic N) is 2. The molecule has 2 aromatic carbocycles. The summed E-state index contributed by atoms with van der Waals surface area (Å²) in [6.07, 6.45) is 0. The Hall–Kier alpha value is -1.89. The Morgan fingerprint density at radius 3 is 2.37 bits per heavy atom. The van der Waals surface area contributed by atoms with E-state index in [4.69, 9.17) is 23.8 Å². The summed E-state index contributed by atoms with van der Waals surface area (Å²) in [4.78, 5) is 0. The van der Waals surface area contributed by atoms with Gasteiger partial charge in [-0.3, -0.25) is 4.68 Å². The summed E-state index contributed by atoms with van der Waals surface area (Å²) in [6, 6.07) is 15.9. The molecule has 0 radical (unpaired) electrons. The lowest BCUT2D eigenvalue weighted by Gasteiger charge is -2.11. The highest BCUT2D eigenvalue weighted by atomic mass is 79.9. The minimum absolute atomic E-state index is 0.569. The molecule has 27 heavy (non-hydrogen) atoms. The molecule has 1 heterocycles. The molecule has 0 aliphatic carbocycles. The molecule has 2 N–H and O–H groups in total. The van der Waals surface area contributed by atoms with Crippen molar-refractivity contribution in [3.8, 4) is 0 Å². The van der Waals surface area contributed by atoms with E-state index in [9.17, 15) is 0 Å². The summed E-state index contributed by atoms with van der Waals surface area (Å²) in [7, 11) is 0. The van der Waals surface area contributed by atoms with Gasteiger partial charge in [0.1, 0.15) is 0 Å². The molecule has 3 rings (SSSR count). The van der Waals surface area contributed by atoms with Gasteiger partial charge in [-0.15, -0.1) is 0 Å². The van der Waals surface area contributed by atoms with E-state index in [1.54, 1.807) is 0 Å². The molecule has 3 aromatic rings. The second kappa shape index (κ2) is 8.87. The van der Waals surface area contributed by atoms with E-state index in [1.807, 2.05) is 54.9 Å². The normalized spacial score (nSPS) is 10.7. The topological polar surface area (TPSA) is 41.9 Å².